The van der Waals surface area contributed by atoms with Gasteiger partial charge in [-0.25, -0.2) is 0 Å². The number of hydrogen-bond donors (Lipinski definition) is 0. The lowest BCUT2D eigenvalue weighted by Crippen LogP contribution is -2.42. The van der Waals surface area contributed by atoms with Crippen LogP contribution in [0.25, 0.3) is 6.08 Å². The molecule has 1 aromatic rings. The third kappa shape index (κ3) is 1.82. The van der Waals surface area contributed by atoms with E-state index in [4.69, 9.17) is 0 Å². The van der Waals surface area contributed by atoms with Crippen LogP contribution in [0, 0.1) is 5.92 Å². The van der Waals surface area contributed by atoms with Crippen molar-refractivity contribution < 1.29 is 0 Å². The minimum atomic E-state index is 0.831. The molecule has 3 fully saturated rings. The second-order valence-corrected chi connectivity index (χ2v) is 4.52. The summed E-state index contributed by atoms with van der Waals surface area (Å²) in [7, 11) is 0. The molecule has 3 aliphatic rings. The van der Waals surface area contributed by atoms with Gasteiger partial charge in [-0.3, -0.25) is 9.88 Å². The molecule has 0 spiro atoms. The van der Waals surface area contributed by atoms with Crippen molar-refractivity contribution >= 4 is 6.08 Å². The average molecular weight is 200 g/mol. The van der Waals surface area contributed by atoms with E-state index in [9.17, 15) is 0 Å². The van der Waals surface area contributed by atoms with Crippen molar-refractivity contribution in [1.29, 1.82) is 0 Å². The van der Waals surface area contributed by atoms with E-state index in [1.807, 2.05) is 12.3 Å². The van der Waals surface area contributed by atoms with Crippen LogP contribution in [0.1, 0.15) is 18.5 Å². The van der Waals surface area contributed by atoms with Crippen molar-refractivity contribution in [1.82, 2.24) is 9.88 Å². The molecule has 0 aromatic carbocycles. The van der Waals surface area contributed by atoms with Gasteiger partial charge in [-0.2, -0.15) is 0 Å². The summed E-state index contributed by atoms with van der Waals surface area (Å²) in [6, 6.07) is 6.11. The predicted molar refractivity (Wildman–Crippen MR) is 61.4 cm³/mol. The van der Waals surface area contributed by atoms with E-state index < -0.39 is 0 Å². The van der Waals surface area contributed by atoms with Crippen molar-refractivity contribution in [2.24, 2.45) is 5.92 Å². The first kappa shape index (κ1) is 9.10. The maximum atomic E-state index is 4.36. The van der Waals surface area contributed by atoms with Crippen LogP contribution < -0.4 is 0 Å². The number of piperidine rings is 3. The molecule has 0 amide bonds. The van der Waals surface area contributed by atoms with Crippen molar-refractivity contribution in [3.63, 3.8) is 0 Å². The average Bonchev–Trinajstić information content (AvgIpc) is 2.32. The van der Waals surface area contributed by atoms with Crippen molar-refractivity contribution in [3.8, 4) is 0 Å². The highest BCUT2D eigenvalue weighted by atomic mass is 15.1. The van der Waals surface area contributed by atoms with E-state index in [2.05, 4.69) is 28.1 Å². The van der Waals surface area contributed by atoms with Gasteiger partial charge in [-0.1, -0.05) is 11.6 Å². The van der Waals surface area contributed by atoms with Gasteiger partial charge in [0, 0.05) is 12.7 Å². The zero-order chi connectivity index (χ0) is 10.1. The van der Waals surface area contributed by atoms with Gasteiger partial charge in [0.05, 0.1) is 5.69 Å². The summed E-state index contributed by atoms with van der Waals surface area (Å²) in [5, 5.41) is 0. The van der Waals surface area contributed by atoms with E-state index in [0.717, 1.165) is 11.6 Å². The highest BCUT2D eigenvalue weighted by Gasteiger charge is 2.29. The second kappa shape index (κ2) is 3.78. The summed E-state index contributed by atoms with van der Waals surface area (Å²) in [5.74, 6) is 0.831. The Hall–Kier alpha value is -1.15. The SMILES string of the molecule is C(=C1CN2CCC1CC2)c1ccccn1. The first-order valence-corrected chi connectivity index (χ1v) is 5.76. The Morgan fingerprint density at radius 3 is 2.73 bits per heavy atom. The van der Waals surface area contributed by atoms with Crippen LogP contribution in [-0.4, -0.2) is 29.5 Å². The van der Waals surface area contributed by atoms with Crippen molar-refractivity contribution in [2.75, 3.05) is 19.6 Å². The third-order valence-corrected chi connectivity index (χ3v) is 3.54. The smallest absolute Gasteiger partial charge is 0.0629 e. The van der Waals surface area contributed by atoms with Crippen LogP contribution >= 0.6 is 0 Å². The molecule has 4 rings (SSSR count). The zero-order valence-corrected chi connectivity index (χ0v) is 8.89. The molecule has 2 heteroatoms. The largest absolute Gasteiger partial charge is 0.299 e. The molecule has 0 N–H and O–H groups in total. The van der Waals surface area contributed by atoms with Gasteiger partial charge < -0.3 is 0 Å². The minimum Gasteiger partial charge on any atom is -0.299 e. The topological polar surface area (TPSA) is 16.1 Å². The summed E-state index contributed by atoms with van der Waals surface area (Å²) in [6.07, 6.45) is 6.85. The first-order valence-electron chi connectivity index (χ1n) is 5.76. The Morgan fingerprint density at radius 2 is 2.13 bits per heavy atom. The van der Waals surface area contributed by atoms with Gasteiger partial charge in [0.1, 0.15) is 0 Å². The second-order valence-electron chi connectivity index (χ2n) is 4.52. The molecule has 2 bridgehead atoms. The zero-order valence-electron chi connectivity index (χ0n) is 8.89. The van der Waals surface area contributed by atoms with Crippen molar-refractivity contribution in [3.05, 3.63) is 35.7 Å². The fourth-order valence-electron chi connectivity index (χ4n) is 2.66. The lowest BCUT2D eigenvalue weighted by molar-refractivity contribution is 0.163. The minimum absolute atomic E-state index is 0.831. The lowest BCUT2D eigenvalue weighted by atomic mass is 9.83. The van der Waals surface area contributed by atoms with E-state index >= 15 is 0 Å². The number of nitrogens with zero attached hydrogens (tertiary/aromatic N) is 2. The molecule has 2 nitrogen and oxygen atoms in total. The van der Waals surface area contributed by atoms with Gasteiger partial charge in [0.15, 0.2) is 0 Å². The molecule has 0 radical (unpaired) electrons. The van der Waals surface area contributed by atoms with Gasteiger partial charge in [0.25, 0.3) is 0 Å². The van der Waals surface area contributed by atoms with Gasteiger partial charge in [0.2, 0.25) is 0 Å². The number of hydrogen-bond acceptors (Lipinski definition) is 2. The number of pyridine rings is 1. The Kier molecular flexibility index (Phi) is 2.29. The third-order valence-electron chi connectivity index (χ3n) is 3.54. The summed E-state index contributed by atoms with van der Waals surface area (Å²) in [4.78, 5) is 6.91. The number of rotatable bonds is 1. The molecule has 0 aliphatic carbocycles. The molecule has 0 atom stereocenters. The van der Waals surface area contributed by atoms with Gasteiger partial charge >= 0.3 is 0 Å². The highest BCUT2D eigenvalue weighted by molar-refractivity contribution is 5.50. The Bertz CT molecular complexity index is 361. The van der Waals surface area contributed by atoms with Crippen LogP contribution in [-0.2, 0) is 0 Å². The molecule has 3 aliphatic heterocycles. The Labute approximate surface area is 90.6 Å². The monoisotopic (exact) mass is 200 g/mol. The summed E-state index contributed by atoms with van der Waals surface area (Å²) < 4.78 is 0. The van der Waals surface area contributed by atoms with Gasteiger partial charge in [-0.15, -0.1) is 0 Å². The van der Waals surface area contributed by atoms with Crippen molar-refractivity contribution in [2.45, 2.75) is 12.8 Å². The first-order chi connectivity index (χ1) is 7.42. The van der Waals surface area contributed by atoms with E-state index in [0.29, 0.717) is 0 Å². The molecule has 0 saturated carbocycles. The Morgan fingerprint density at radius 1 is 1.27 bits per heavy atom. The predicted octanol–water partition coefficient (Wildman–Crippen LogP) is 2.19. The molecular weight excluding hydrogens is 184 g/mol. The highest BCUT2D eigenvalue weighted by Crippen LogP contribution is 2.32. The summed E-state index contributed by atoms with van der Waals surface area (Å²) >= 11 is 0. The molecule has 1 aromatic heterocycles. The van der Waals surface area contributed by atoms with Crippen LogP contribution in [0.3, 0.4) is 0 Å². The summed E-state index contributed by atoms with van der Waals surface area (Å²) in [5.41, 5.74) is 2.70. The molecule has 15 heavy (non-hydrogen) atoms. The summed E-state index contributed by atoms with van der Waals surface area (Å²) in [6.45, 7) is 3.76. The Balaban J connectivity index is 1.85. The van der Waals surface area contributed by atoms with E-state index in [1.165, 1.54) is 32.5 Å². The fourth-order valence-corrected chi connectivity index (χ4v) is 2.66. The molecular formula is C13H16N2. The maximum absolute atomic E-state index is 4.36. The normalized spacial score (nSPS) is 32.1. The fraction of sp³-hybridized carbons (Fsp3) is 0.462. The van der Waals surface area contributed by atoms with Crippen LogP contribution in [0.2, 0.25) is 0 Å². The number of fused-ring (bicyclic) bond motifs is 3. The van der Waals surface area contributed by atoms with Crippen LogP contribution in [0.4, 0.5) is 0 Å². The standard InChI is InChI=1S/C13H16N2/c1-2-6-14-13(3-1)9-12-10-15-7-4-11(12)5-8-15/h1-3,6,9,11H,4-5,7-8,10H2. The van der Waals surface area contributed by atoms with E-state index in [-0.39, 0.29) is 0 Å². The van der Waals surface area contributed by atoms with Crippen LogP contribution in [0.5, 0.6) is 0 Å². The molecule has 78 valence electrons. The maximum Gasteiger partial charge on any atom is 0.0629 e. The lowest BCUT2D eigenvalue weighted by Gasteiger charge is -2.41. The molecule has 0 unspecified atom stereocenters. The molecule has 4 heterocycles. The number of aromatic nitrogens is 1. The van der Waals surface area contributed by atoms with Crippen LogP contribution in [0.15, 0.2) is 30.0 Å². The molecule has 3 saturated heterocycles. The van der Waals surface area contributed by atoms with E-state index in [1.54, 1.807) is 5.57 Å². The quantitative estimate of drug-likeness (QED) is 0.691. The van der Waals surface area contributed by atoms with Gasteiger partial charge in [-0.05, 0) is 50.1 Å².